The van der Waals surface area contributed by atoms with Crippen molar-refractivity contribution in [3.63, 3.8) is 0 Å². The molecule has 1 aliphatic heterocycles. The zero-order valence-electron chi connectivity index (χ0n) is 13.8. The van der Waals surface area contributed by atoms with Crippen molar-refractivity contribution in [2.75, 3.05) is 0 Å². The second kappa shape index (κ2) is 7.16. The summed E-state index contributed by atoms with van der Waals surface area (Å²) in [6, 6.07) is 4.28. The lowest BCUT2D eigenvalue weighted by Crippen LogP contribution is -2.33. The summed E-state index contributed by atoms with van der Waals surface area (Å²) in [6.07, 6.45) is -3.24. The smallest absolute Gasteiger partial charge is 0.370 e. The molecule has 0 spiro atoms. The van der Waals surface area contributed by atoms with Crippen molar-refractivity contribution < 1.29 is 26.7 Å². The van der Waals surface area contributed by atoms with E-state index < -0.39 is 17.7 Å². The van der Waals surface area contributed by atoms with Crippen LogP contribution in [0.1, 0.15) is 57.3 Å². The van der Waals surface area contributed by atoms with Crippen LogP contribution in [-0.4, -0.2) is 12.3 Å². The van der Waals surface area contributed by atoms with Crippen molar-refractivity contribution in [2.45, 2.75) is 64.3 Å². The number of hydrogen-bond donors (Lipinski definition) is 0. The van der Waals surface area contributed by atoms with Gasteiger partial charge in [0.2, 0.25) is 0 Å². The van der Waals surface area contributed by atoms with E-state index in [4.69, 9.17) is 4.74 Å². The predicted octanol–water partition coefficient (Wildman–Crippen LogP) is 6.42. The minimum Gasteiger partial charge on any atom is -0.370 e. The summed E-state index contributed by atoms with van der Waals surface area (Å²) >= 11 is 0. The van der Waals surface area contributed by atoms with Crippen LogP contribution in [0.25, 0.3) is 0 Å². The minimum absolute atomic E-state index is 0. The molecular weight excluding hydrogens is 351 g/mol. The van der Waals surface area contributed by atoms with Crippen LogP contribution in [0.15, 0.2) is 24.3 Å². The molecule has 1 aromatic rings. The third-order valence-electron chi connectivity index (χ3n) is 3.95. The quantitative estimate of drug-likeness (QED) is 0.556. The van der Waals surface area contributed by atoms with Gasteiger partial charge in [0.05, 0.1) is 12.2 Å². The summed E-state index contributed by atoms with van der Waals surface area (Å²) in [7, 11) is 0. The molecule has 0 N–H and O–H groups in total. The maximum absolute atomic E-state index is 13.3. The molecule has 1 nitrogen and oxygen atoms in total. The standard InChI is InChI=1S/C17H21F5O.ClH/c1-15(2,3)10-13-8-9-14(23-13)11-4-6-12(7-5-11)16(18,19)17(20,21)22;/h4-7,13-14H,8-10H2,1-3H3;1H/t13-,14+;/m0./s1. The Morgan fingerprint density at radius 3 is 1.96 bits per heavy atom. The van der Waals surface area contributed by atoms with Gasteiger partial charge in [-0.3, -0.25) is 0 Å². The van der Waals surface area contributed by atoms with Crippen molar-refractivity contribution in [1.29, 1.82) is 0 Å². The Hall–Kier alpha value is -0.880. The molecule has 0 amide bonds. The average Bonchev–Trinajstić information content (AvgIpc) is 2.83. The molecule has 0 aliphatic carbocycles. The molecule has 1 fully saturated rings. The maximum atomic E-state index is 13.3. The van der Waals surface area contributed by atoms with Gasteiger partial charge in [-0.1, -0.05) is 45.0 Å². The van der Waals surface area contributed by atoms with Gasteiger partial charge in [-0.2, -0.15) is 22.0 Å². The fourth-order valence-corrected chi connectivity index (χ4v) is 2.85. The Labute approximate surface area is 145 Å². The number of rotatable bonds is 3. The monoisotopic (exact) mass is 372 g/mol. The second-order valence-corrected chi connectivity index (χ2v) is 7.28. The lowest BCUT2D eigenvalue weighted by molar-refractivity contribution is -0.289. The predicted molar refractivity (Wildman–Crippen MR) is 84.6 cm³/mol. The maximum Gasteiger partial charge on any atom is 0.458 e. The van der Waals surface area contributed by atoms with E-state index in [0.29, 0.717) is 5.56 Å². The van der Waals surface area contributed by atoms with Gasteiger partial charge < -0.3 is 4.74 Å². The van der Waals surface area contributed by atoms with Crippen LogP contribution < -0.4 is 0 Å². The van der Waals surface area contributed by atoms with Gasteiger partial charge in [-0.25, -0.2) is 0 Å². The first-order valence-electron chi connectivity index (χ1n) is 7.60. The number of hydrogen-bond acceptors (Lipinski definition) is 1. The molecule has 1 heterocycles. The Kier molecular flexibility index (Phi) is 6.31. The first kappa shape index (κ1) is 21.2. The van der Waals surface area contributed by atoms with Crippen LogP contribution in [0.4, 0.5) is 22.0 Å². The SMILES string of the molecule is CC(C)(C)C[C@@H]1CC[C@H](c2ccc(C(F)(F)C(F)(F)F)cc2)O1.Cl. The largest absolute Gasteiger partial charge is 0.458 e. The minimum atomic E-state index is -5.59. The molecule has 1 aliphatic rings. The average molecular weight is 373 g/mol. The van der Waals surface area contributed by atoms with E-state index in [-0.39, 0.29) is 30.0 Å². The summed E-state index contributed by atoms with van der Waals surface area (Å²) in [5, 5.41) is 0. The Morgan fingerprint density at radius 1 is 0.958 bits per heavy atom. The Bertz CT molecular complexity index is 533. The van der Waals surface area contributed by atoms with E-state index in [0.717, 1.165) is 31.4 Å². The summed E-state index contributed by atoms with van der Waals surface area (Å²) in [6.45, 7) is 6.33. The zero-order chi connectivity index (χ0) is 17.5. The Balaban J connectivity index is 0.00000288. The van der Waals surface area contributed by atoms with E-state index >= 15 is 0 Å². The van der Waals surface area contributed by atoms with Gasteiger partial charge in [-0.15, -0.1) is 12.4 Å². The highest BCUT2D eigenvalue weighted by molar-refractivity contribution is 5.85. The van der Waals surface area contributed by atoms with Gasteiger partial charge in [-0.05, 0) is 30.2 Å². The van der Waals surface area contributed by atoms with Crippen molar-refractivity contribution in [3.05, 3.63) is 35.4 Å². The van der Waals surface area contributed by atoms with Gasteiger partial charge in [0.15, 0.2) is 0 Å². The molecule has 0 saturated carbocycles. The van der Waals surface area contributed by atoms with Crippen LogP contribution in [0.5, 0.6) is 0 Å². The normalized spacial score (nSPS) is 22.3. The van der Waals surface area contributed by atoms with Crippen molar-refractivity contribution >= 4 is 12.4 Å². The number of benzene rings is 1. The van der Waals surface area contributed by atoms with E-state index in [1.165, 1.54) is 12.1 Å². The first-order valence-corrected chi connectivity index (χ1v) is 7.60. The lowest BCUT2D eigenvalue weighted by Gasteiger charge is -2.23. The highest BCUT2D eigenvalue weighted by atomic mass is 35.5. The molecule has 0 aromatic heterocycles. The zero-order valence-corrected chi connectivity index (χ0v) is 14.6. The third kappa shape index (κ3) is 4.82. The first-order chi connectivity index (χ1) is 10.4. The fraction of sp³-hybridized carbons (Fsp3) is 0.647. The molecule has 7 heteroatoms. The molecule has 2 rings (SSSR count). The van der Waals surface area contributed by atoms with Crippen LogP contribution in [-0.2, 0) is 10.7 Å². The summed E-state index contributed by atoms with van der Waals surface area (Å²) in [5.74, 6) is -4.84. The molecule has 24 heavy (non-hydrogen) atoms. The van der Waals surface area contributed by atoms with E-state index in [2.05, 4.69) is 20.8 Å². The molecule has 138 valence electrons. The highest BCUT2D eigenvalue weighted by Gasteiger charge is 2.58. The number of alkyl halides is 5. The fourth-order valence-electron chi connectivity index (χ4n) is 2.85. The highest BCUT2D eigenvalue weighted by Crippen LogP contribution is 2.44. The van der Waals surface area contributed by atoms with Crippen LogP contribution >= 0.6 is 12.4 Å². The van der Waals surface area contributed by atoms with E-state index in [9.17, 15) is 22.0 Å². The lowest BCUT2D eigenvalue weighted by atomic mass is 9.88. The molecule has 0 bridgehead atoms. The van der Waals surface area contributed by atoms with Gasteiger partial charge in [0, 0.05) is 5.56 Å². The van der Waals surface area contributed by atoms with E-state index in [1.54, 1.807) is 0 Å². The van der Waals surface area contributed by atoms with Crippen LogP contribution in [0.3, 0.4) is 0 Å². The number of halogens is 6. The summed E-state index contributed by atoms with van der Waals surface area (Å²) in [5.41, 5.74) is -0.279. The Morgan fingerprint density at radius 2 is 1.50 bits per heavy atom. The van der Waals surface area contributed by atoms with Gasteiger partial charge in [0.25, 0.3) is 0 Å². The van der Waals surface area contributed by atoms with Crippen LogP contribution in [0.2, 0.25) is 0 Å². The molecular formula is C17H22ClF5O. The molecule has 2 atom stereocenters. The van der Waals surface area contributed by atoms with Crippen molar-refractivity contribution in [2.24, 2.45) is 5.41 Å². The molecule has 1 saturated heterocycles. The topological polar surface area (TPSA) is 9.23 Å². The molecule has 1 aromatic carbocycles. The molecule has 0 radical (unpaired) electrons. The number of ether oxygens (including phenoxy) is 1. The summed E-state index contributed by atoms with van der Waals surface area (Å²) < 4.78 is 69.5. The van der Waals surface area contributed by atoms with Gasteiger partial charge in [0.1, 0.15) is 0 Å². The van der Waals surface area contributed by atoms with Crippen molar-refractivity contribution in [3.8, 4) is 0 Å². The van der Waals surface area contributed by atoms with Crippen LogP contribution in [0, 0.1) is 5.41 Å². The summed E-state index contributed by atoms with van der Waals surface area (Å²) in [4.78, 5) is 0. The molecule has 0 unspecified atom stereocenters. The van der Waals surface area contributed by atoms with E-state index in [1.807, 2.05) is 0 Å². The van der Waals surface area contributed by atoms with Gasteiger partial charge >= 0.3 is 12.1 Å². The van der Waals surface area contributed by atoms with Crippen molar-refractivity contribution in [1.82, 2.24) is 0 Å². The third-order valence-corrected chi connectivity index (χ3v) is 3.95. The second-order valence-electron chi connectivity index (χ2n) is 7.28.